The average molecular weight is 263 g/mol. The van der Waals surface area contributed by atoms with Gasteiger partial charge in [0.15, 0.2) is 0 Å². The normalized spacial score (nSPS) is 11.7. The first-order valence-corrected chi connectivity index (χ1v) is 7.16. The molecule has 0 bridgehead atoms. The topological polar surface area (TPSA) is 83.5 Å². The molecule has 0 aliphatic carbocycles. The summed E-state index contributed by atoms with van der Waals surface area (Å²) < 4.78 is 25.4. The molecule has 90 valence electrons. The van der Waals surface area contributed by atoms with E-state index in [-0.39, 0.29) is 22.2 Å². The Bertz CT molecular complexity index is 475. The summed E-state index contributed by atoms with van der Waals surface area (Å²) in [7, 11) is -3.47. The van der Waals surface area contributed by atoms with Crippen LogP contribution in [-0.2, 0) is 10.0 Å². The summed E-state index contributed by atoms with van der Waals surface area (Å²) in [6, 6.07) is 1.45. The van der Waals surface area contributed by atoms with Crippen LogP contribution in [0.2, 0.25) is 0 Å². The molecule has 0 fully saturated rings. The summed E-state index contributed by atoms with van der Waals surface area (Å²) in [5, 5.41) is 10.3. The van der Waals surface area contributed by atoms with Crippen LogP contribution in [-0.4, -0.2) is 25.2 Å². The van der Waals surface area contributed by atoms with Gasteiger partial charge in [-0.2, -0.15) is 0 Å². The molecule has 2 N–H and O–H groups in total. The van der Waals surface area contributed by atoms with Crippen molar-refractivity contribution in [1.82, 2.24) is 0 Å². The van der Waals surface area contributed by atoms with Crippen molar-refractivity contribution in [2.75, 3.05) is 10.5 Å². The van der Waals surface area contributed by atoms with Gasteiger partial charge in [-0.1, -0.05) is 13.8 Å². The largest absolute Gasteiger partial charge is 0.477 e. The molecule has 7 heteroatoms. The van der Waals surface area contributed by atoms with Crippen molar-refractivity contribution in [2.45, 2.75) is 13.8 Å². The van der Waals surface area contributed by atoms with E-state index in [1.165, 1.54) is 11.4 Å². The number of carbonyl (C=O) groups is 1. The van der Waals surface area contributed by atoms with E-state index in [4.69, 9.17) is 5.11 Å². The summed E-state index contributed by atoms with van der Waals surface area (Å²) in [5.41, 5.74) is 0.137. The number of hydrogen-bond acceptors (Lipinski definition) is 4. The highest BCUT2D eigenvalue weighted by molar-refractivity contribution is 7.92. The first-order valence-electron chi connectivity index (χ1n) is 4.63. The van der Waals surface area contributed by atoms with Gasteiger partial charge in [-0.15, -0.1) is 11.3 Å². The smallest absolute Gasteiger partial charge is 0.348 e. The van der Waals surface area contributed by atoms with Gasteiger partial charge in [-0.3, -0.25) is 4.72 Å². The van der Waals surface area contributed by atoms with E-state index in [1.54, 1.807) is 13.8 Å². The third kappa shape index (κ3) is 3.49. The van der Waals surface area contributed by atoms with Gasteiger partial charge in [-0.05, 0) is 17.4 Å². The lowest BCUT2D eigenvalue weighted by Crippen LogP contribution is -2.20. The molecule has 0 amide bonds. The molecule has 0 aliphatic heterocycles. The Labute approximate surface area is 98.2 Å². The SMILES string of the molecule is CC(C)CS(=O)(=O)Nc1ccsc1C(=O)O. The van der Waals surface area contributed by atoms with E-state index >= 15 is 0 Å². The van der Waals surface area contributed by atoms with Gasteiger partial charge in [0.05, 0.1) is 11.4 Å². The maximum atomic E-state index is 11.6. The molecule has 1 heterocycles. The predicted octanol–water partition coefficient (Wildman–Crippen LogP) is 1.84. The van der Waals surface area contributed by atoms with Crippen LogP contribution < -0.4 is 4.72 Å². The van der Waals surface area contributed by atoms with E-state index in [2.05, 4.69) is 4.72 Å². The van der Waals surface area contributed by atoms with E-state index in [0.717, 1.165) is 11.3 Å². The predicted molar refractivity (Wildman–Crippen MR) is 63.5 cm³/mol. The number of nitrogens with one attached hydrogen (secondary N) is 1. The lowest BCUT2D eigenvalue weighted by atomic mass is 10.3. The fraction of sp³-hybridized carbons (Fsp3) is 0.444. The molecular weight excluding hydrogens is 250 g/mol. The zero-order valence-corrected chi connectivity index (χ0v) is 10.6. The van der Waals surface area contributed by atoms with Crippen LogP contribution in [0.4, 0.5) is 5.69 Å². The van der Waals surface area contributed by atoms with Crippen molar-refractivity contribution in [3.8, 4) is 0 Å². The lowest BCUT2D eigenvalue weighted by Gasteiger charge is -2.09. The van der Waals surface area contributed by atoms with Gasteiger partial charge in [0, 0.05) is 0 Å². The number of carboxylic acid groups (broad SMARTS) is 1. The first kappa shape index (κ1) is 13.0. The fourth-order valence-corrected chi connectivity index (χ4v) is 3.42. The van der Waals surface area contributed by atoms with E-state index < -0.39 is 16.0 Å². The summed E-state index contributed by atoms with van der Waals surface area (Å²) in [4.78, 5) is 10.8. The van der Waals surface area contributed by atoms with E-state index in [1.807, 2.05) is 0 Å². The van der Waals surface area contributed by atoms with Gasteiger partial charge in [0.1, 0.15) is 4.88 Å². The van der Waals surface area contributed by atoms with Crippen LogP contribution in [0.3, 0.4) is 0 Å². The van der Waals surface area contributed by atoms with Gasteiger partial charge in [0.25, 0.3) is 0 Å². The van der Waals surface area contributed by atoms with Gasteiger partial charge < -0.3 is 5.11 Å². The molecule has 0 aromatic carbocycles. The summed E-state index contributed by atoms with van der Waals surface area (Å²) in [6.07, 6.45) is 0. The molecule has 0 unspecified atom stereocenters. The van der Waals surface area contributed by atoms with Crippen LogP contribution in [0.15, 0.2) is 11.4 Å². The molecule has 0 aliphatic rings. The molecule has 0 radical (unpaired) electrons. The molecule has 0 saturated heterocycles. The first-order chi connectivity index (χ1) is 7.32. The van der Waals surface area contributed by atoms with Crippen molar-refractivity contribution in [3.05, 3.63) is 16.3 Å². The number of carboxylic acids is 1. The minimum absolute atomic E-state index is 0.00679. The Hall–Kier alpha value is -1.08. The number of thiophene rings is 1. The van der Waals surface area contributed by atoms with E-state index in [9.17, 15) is 13.2 Å². The van der Waals surface area contributed by atoms with Crippen molar-refractivity contribution in [3.63, 3.8) is 0 Å². The third-order valence-electron chi connectivity index (χ3n) is 1.68. The van der Waals surface area contributed by atoms with Crippen molar-refractivity contribution >= 4 is 33.0 Å². The van der Waals surface area contributed by atoms with Crippen molar-refractivity contribution in [1.29, 1.82) is 0 Å². The summed E-state index contributed by atoms with van der Waals surface area (Å²) >= 11 is 0.991. The Morgan fingerprint density at radius 2 is 2.19 bits per heavy atom. The summed E-state index contributed by atoms with van der Waals surface area (Å²) in [6.45, 7) is 3.57. The van der Waals surface area contributed by atoms with Crippen LogP contribution in [0.5, 0.6) is 0 Å². The highest BCUT2D eigenvalue weighted by atomic mass is 32.2. The minimum atomic E-state index is -3.47. The highest BCUT2D eigenvalue weighted by Crippen LogP contribution is 2.23. The molecule has 1 aromatic rings. The Morgan fingerprint density at radius 1 is 1.56 bits per heavy atom. The summed E-state index contributed by atoms with van der Waals surface area (Å²) in [5.74, 6) is -1.16. The van der Waals surface area contributed by atoms with Crippen LogP contribution in [0, 0.1) is 5.92 Å². The van der Waals surface area contributed by atoms with E-state index in [0.29, 0.717) is 0 Å². The monoisotopic (exact) mass is 263 g/mol. The number of anilines is 1. The van der Waals surface area contributed by atoms with Crippen LogP contribution in [0.1, 0.15) is 23.5 Å². The Morgan fingerprint density at radius 3 is 2.69 bits per heavy atom. The van der Waals surface area contributed by atoms with Crippen LogP contribution >= 0.6 is 11.3 Å². The second-order valence-electron chi connectivity index (χ2n) is 3.75. The number of rotatable bonds is 5. The average Bonchev–Trinajstić information content (AvgIpc) is 2.48. The minimum Gasteiger partial charge on any atom is -0.477 e. The lowest BCUT2D eigenvalue weighted by molar-refractivity contribution is 0.0703. The molecular formula is C9H13NO4S2. The highest BCUT2D eigenvalue weighted by Gasteiger charge is 2.18. The van der Waals surface area contributed by atoms with Gasteiger partial charge in [-0.25, -0.2) is 13.2 Å². The second kappa shape index (κ2) is 4.84. The van der Waals surface area contributed by atoms with Gasteiger partial charge >= 0.3 is 5.97 Å². The maximum absolute atomic E-state index is 11.6. The third-order valence-corrected chi connectivity index (χ3v) is 4.22. The van der Waals surface area contributed by atoms with Crippen molar-refractivity contribution < 1.29 is 18.3 Å². The van der Waals surface area contributed by atoms with Gasteiger partial charge in [0.2, 0.25) is 10.0 Å². The molecule has 0 spiro atoms. The molecule has 1 aromatic heterocycles. The quantitative estimate of drug-likeness (QED) is 0.849. The zero-order valence-electron chi connectivity index (χ0n) is 8.93. The maximum Gasteiger partial charge on any atom is 0.348 e. The fourth-order valence-electron chi connectivity index (χ4n) is 1.20. The number of hydrogen-bond donors (Lipinski definition) is 2. The molecule has 16 heavy (non-hydrogen) atoms. The molecule has 0 atom stereocenters. The Balaban J connectivity index is 2.88. The number of aromatic carboxylic acids is 1. The second-order valence-corrected chi connectivity index (χ2v) is 6.43. The molecule has 5 nitrogen and oxygen atoms in total. The zero-order chi connectivity index (χ0) is 12.3. The van der Waals surface area contributed by atoms with Crippen LogP contribution in [0.25, 0.3) is 0 Å². The molecule has 0 saturated carbocycles. The van der Waals surface area contributed by atoms with Crippen molar-refractivity contribution in [2.24, 2.45) is 5.92 Å². The standard InChI is InChI=1S/C9H13NO4S2/c1-6(2)5-16(13,14)10-7-3-4-15-8(7)9(11)12/h3-4,6,10H,5H2,1-2H3,(H,11,12). The Kier molecular flexibility index (Phi) is 3.93. The molecule has 1 rings (SSSR count). The number of sulfonamides is 1.